The van der Waals surface area contributed by atoms with Gasteiger partial charge in [-0.3, -0.25) is 5.73 Å². The Hall–Kier alpha value is -1.25. The van der Waals surface area contributed by atoms with Gasteiger partial charge in [0.1, 0.15) is 0 Å². The van der Waals surface area contributed by atoms with Crippen LogP contribution in [0.1, 0.15) is 0 Å². The number of hydrogen-bond acceptors (Lipinski definition) is 2. The quantitative estimate of drug-likeness (QED) is 0.475. The van der Waals surface area contributed by atoms with E-state index >= 15 is 0 Å². The monoisotopic (exact) mass is 108 g/mol. The lowest BCUT2D eigenvalue weighted by atomic mass is 10.7. The zero-order chi connectivity index (χ0) is 5.82. The molecule has 3 heteroatoms. The highest BCUT2D eigenvalue weighted by atomic mass is 14.9. The number of nitrogens with one attached hydrogen (secondary N) is 2. The fourth-order valence-electron chi connectivity index (χ4n) is 0.386. The highest BCUT2D eigenvalue weighted by molar-refractivity contribution is 5.72. The molecule has 0 bridgehead atoms. The zero-order valence-corrected chi connectivity index (χ0v) is 4.26. The molecule has 2 N–H and O–H groups in total. The summed E-state index contributed by atoms with van der Waals surface area (Å²) in [5.74, 6) is 0.245. The van der Waals surface area contributed by atoms with E-state index < -0.39 is 0 Å². The predicted molar refractivity (Wildman–Crippen MR) is 31.9 cm³/mol. The Labute approximate surface area is 47.6 Å². The summed E-state index contributed by atoms with van der Waals surface area (Å²) in [5.41, 5.74) is 6.97. The second-order valence-electron chi connectivity index (χ2n) is 1.33. The molecule has 1 heterocycles. The maximum Gasteiger partial charge on any atom is 0.160 e. The molecule has 1 aliphatic rings. The molecular weight excluding hydrogens is 102 g/mol. The van der Waals surface area contributed by atoms with E-state index in [4.69, 9.17) is 5.73 Å². The summed E-state index contributed by atoms with van der Waals surface area (Å²) in [5, 5.41) is 2.74. The lowest BCUT2D eigenvalue weighted by molar-refractivity contribution is 1.11. The molecular formula is C5H6N3. The molecule has 1 rings (SSSR count). The van der Waals surface area contributed by atoms with Crippen LogP contribution < -0.4 is 11.1 Å². The minimum atomic E-state index is 0.245. The Bertz CT molecular complexity index is 152. The van der Waals surface area contributed by atoms with Crippen LogP contribution in [0.5, 0.6) is 0 Å². The average Bonchev–Trinajstić information content (AvgIpc) is 1.94. The van der Waals surface area contributed by atoms with E-state index in [0.717, 1.165) is 0 Å². The van der Waals surface area contributed by atoms with Gasteiger partial charge in [-0.2, -0.15) is 0 Å². The van der Waals surface area contributed by atoms with Crippen LogP contribution in [-0.4, -0.2) is 6.21 Å². The van der Waals surface area contributed by atoms with Gasteiger partial charge in [-0.15, -0.1) is 0 Å². The topological polar surface area (TPSA) is 48.2 Å². The van der Waals surface area contributed by atoms with Crippen molar-refractivity contribution in [1.29, 1.82) is 0 Å². The van der Waals surface area contributed by atoms with Crippen molar-refractivity contribution >= 4 is 6.21 Å². The van der Waals surface area contributed by atoms with Gasteiger partial charge in [0.25, 0.3) is 0 Å². The van der Waals surface area contributed by atoms with Crippen molar-refractivity contribution in [2.75, 3.05) is 0 Å². The van der Waals surface area contributed by atoms with Gasteiger partial charge in [0, 0.05) is 18.6 Å². The first kappa shape index (κ1) is 4.90. The third kappa shape index (κ3) is 1.11. The fraction of sp³-hybridized carbons (Fsp3) is 0. The molecule has 0 aliphatic carbocycles. The van der Waals surface area contributed by atoms with Crippen molar-refractivity contribution < 1.29 is 0 Å². The van der Waals surface area contributed by atoms with Crippen molar-refractivity contribution in [2.24, 2.45) is 4.99 Å². The van der Waals surface area contributed by atoms with Gasteiger partial charge < -0.3 is 5.32 Å². The van der Waals surface area contributed by atoms with Gasteiger partial charge >= 0.3 is 0 Å². The summed E-state index contributed by atoms with van der Waals surface area (Å²) in [6, 6.07) is 0. The Morgan fingerprint density at radius 2 is 2.50 bits per heavy atom. The smallest absolute Gasteiger partial charge is 0.160 e. The standard InChI is InChI=1S/C5H6N3/c6-5-4-7-2-1-3-8-5/h1-4,6-7H. The number of aliphatic imine (C=N–C) groups is 1. The normalized spacial score (nSPS) is 16.8. The minimum absolute atomic E-state index is 0.245. The number of hydrogen-bond donors (Lipinski definition) is 1. The van der Waals surface area contributed by atoms with Crippen molar-refractivity contribution in [3.8, 4) is 0 Å². The van der Waals surface area contributed by atoms with Crippen LogP contribution in [0.15, 0.2) is 29.3 Å². The molecule has 0 aromatic carbocycles. The third-order valence-corrected chi connectivity index (χ3v) is 0.712. The first-order valence-electron chi connectivity index (χ1n) is 2.26. The molecule has 0 unspecified atom stereocenters. The molecule has 0 fully saturated rings. The predicted octanol–water partition coefficient (Wildman–Crippen LogP) is 0.256. The first-order chi connectivity index (χ1) is 3.89. The molecule has 0 atom stereocenters. The average molecular weight is 108 g/mol. The number of nitrogens with zero attached hydrogens (tertiary/aromatic N) is 1. The lowest BCUT2D eigenvalue weighted by Gasteiger charge is -1.84. The Morgan fingerprint density at radius 3 is 3.38 bits per heavy atom. The Kier molecular flexibility index (Phi) is 1.32. The van der Waals surface area contributed by atoms with Crippen LogP contribution in [0.2, 0.25) is 0 Å². The number of rotatable bonds is 0. The van der Waals surface area contributed by atoms with Crippen LogP contribution >= 0.6 is 0 Å². The zero-order valence-electron chi connectivity index (χ0n) is 4.26. The Balaban J connectivity index is 2.69. The minimum Gasteiger partial charge on any atom is -0.364 e. The molecule has 1 radical (unpaired) electrons. The molecule has 0 saturated heterocycles. The molecule has 1 aliphatic heterocycles. The van der Waals surface area contributed by atoms with Gasteiger partial charge in [0.2, 0.25) is 0 Å². The van der Waals surface area contributed by atoms with Crippen molar-refractivity contribution in [3.63, 3.8) is 0 Å². The Morgan fingerprint density at radius 1 is 1.62 bits per heavy atom. The summed E-state index contributed by atoms with van der Waals surface area (Å²) < 4.78 is 0. The van der Waals surface area contributed by atoms with Crippen LogP contribution in [-0.2, 0) is 0 Å². The molecule has 0 aromatic rings. The van der Waals surface area contributed by atoms with E-state index in [2.05, 4.69) is 10.3 Å². The maximum absolute atomic E-state index is 6.97. The third-order valence-electron chi connectivity index (χ3n) is 0.712. The highest BCUT2D eigenvalue weighted by Crippen LogP contribution is 1.86. The van der Waals surface area contributed by atoms with Gasteiger partial charge in [-0.1, -0.05) is 0 Å². The van der Waals surface area contributed by atoms with E-state index in [1.165, 1.54) is 6.20 Å². The molecule has 0 amide bonds. The number of allylic oxidation sites excluding steroid dienone is 1. The van der Waals surface area contributed by atoms with E-state index in [0.29, 0.717) is 0 Å². The molecule has 41 valence electrons. The molecule has 0 saturated carbocycles. The van der Waals surface area contributed by atoms with Crippen molar-refractivity contribution in [1.82, 2.24) is 11.1 Å². The largest absolute Gasteiger partial charge is 0.364 e. The molecule has 0 aromatic heterocycles. The van der Waals surface area contributed by atoms with Gasteiger partial charge in [0.15, 0.2) is 5.82 Å². The van der Waals surface area contributed by atoms with Crippen LogP contribution in [0, 0.1) is 0 Å². The fourth-order valence-corrected chi connectivity index (χ4v) is 0.386. The van der Waals surface area contributed by atoms with Crippen LogP contribution in [0.3, 0.4) is 0 Å². The lowest BCUT2D eigenvalue weighted by Crippen LogP contribution is -1.92. The van der Waals surface area contributed by atoms with Gasteiger partial charge in [0.05, 0.1) is 0 Å². The summed E-state index contributed by atoms with van der Waals surface area (Å²) in [4.78, 5) is 3.68. The molecule has 8 heavy (non-hydrogen) atoms. The molecule has 0 spiro atoms. The summed E-state index contributed by atoms with van der Waals surface area (Å²) in [6.07, 6.45) is 6.53. The van der Waals surface area contributed by atoms with E-state index in [9.17, 15) is 0 Å². The van der Waals surface area contributed by atoms with Crippen molar-refractivity contribution in [2.45, 2.75) is 0 Å². The SMILES string of the molecule is [NH]C1=CNC=CC=N1. The summed E-state index contributed by atoms with van der Waals surface area (Å²) in [7, 11) is 0. The second-order valence-corrected chi connectivity index (χ2v) is 1.33. The van der Waals surface area contributed by atoms with E-state index in [1.54, 1.807) is 18.5 Å². The first-order valence-corrected chi connectivity index (χ1v) is 2.26. The summed E-state index contributed by atoms with van der Waals surface area (Å²) >= 11 is 0. The van der Waals surface area contributed by atoms with Crippen LogP contribution in [0.4, 0.5) is 0 Å². The highest BCUT2D eigenvalue weighted by Gasteiger charge is 1.82. The molecule has 3 nitrogen and oxygen atoms in total. The van der Waals surface area contributed by atoms with E-state index in [1.807, 2.05) is 0 Å². The van der Waals surface area contributed by atoms with Crippen molar-refractivity contribution in [3.05, 3.63) is 24.3 Å². The van der Waals surface area contributed by atoms with Gasteiger partial charge in [-0.05, 0) is 6.08 Å². The van der Waals surface area contributed by atoms with E-state index in [-0.39, 0.29) is 5.82 Å². The van der Waals surface area contributed by atoms with Gasteiger partial charge in [-0.25, -0.2) is 4.99 Å². The second kappa shape index (κ2) is 2.16. The van der Waals surface area contributed by atoms with Crippen LogP contribution in [0.25, 0.3) is 0 Å². The summed E-state index contributed by atoms with van der Waals surface area (Å²) in [6.45, 7) is 0. The maximum atomic E-state index is 6.97.